The van der Waals surface area contributed by atoms with Crippen LogP contribution in [-0.2, 0) is 6.42 Å². The smallest absolute Gasteiger partial charge is 0.141 e. The molecule has 1 saturated carbocycles. The average molecular weight is 268 g/mol. The van der Waals surface area contributed by atoms with Crippen LogP contribution in [0, 0.1) is 11.2 Å². The van der Waals surface area contributed by atoms with Gasteiger partial charge >= 0.3 is 0 Å². The van der Waals surface area contributed by atoms with E-state index in [0.29, 0.717) is 6.04 Å². The summed E-state index contributed by atoms with van der Waals surface area (Å²) in [4.78, 5) is 0. The van der Waals surface area contributed by atoms with Crippen molar-refractivity contribution in [3.05, 3.63) is 47.3 Å². The van der Waals surface area contributed by atoms with E-state index in [1.807, 2.05) is 6.08 Å². The van der Waals surface area contributed by atoms with Gasteiger partial charge < -0.3 is 5.32 Å². The van der Waals surface area contributed by atoms with E-state index in [9.17, 15) is 4.39 Å². The predicted molar refractivity (Wildman–Crippen MR) is 74.4 cm³/mol. The standard InChI is InChI=1S/C15H19ClFN/c1-3-15(2,10-18-12-5-6-12)9-11-4-7-14(17)13(16)8-11/h3-4,7-8,12,18H,1,5-6,9-10H2,2H3. The lowest BCUT2D eigenvalue weighted by molar-refractivity contribution is 0.389. The number of hydrogen-bond donors (Lipinski definition) is 1. The molecule has 2 rings (SSSR count). The van der Waals surface area contributed by atoms with Crippen molar-refractivity contribution in [2.45, 2.75) is 32.2 Å². The highest BCUT2D eigenvalue weighted by molar-refractivity contribution is 6.30. The van der Waals surface area contributed by atoms with Crippen LogP contribution in [0.25, 0.3) is 0 Å². The summed E-state index contributed by atoms with van der Waals surface area (Å²) in [6, 6.07) is 5.60. The van der Waals surface area contributed by atoms with Crippen LogP contribution in [0.2, 0.25) is 5.02 Å². The normalized spacial score (nSPS) is 18.4. The van der Waals surface area contributed by atoms with Crippen LogP contribution < -0.4 is 5.32 Å². The molecule has 0 radical (unpaired) electrons. The minimum Gasteiger partial charge on any atom is -0.313 e. The van der Waals surface area contributed by atoms with Gasteiger partial charge in [-0.1, -0.05) is 30.7 Å². The Balaban J connectivity index is 2.02. The van der Waals surface area contributed by atoms with Crippen LogP contribution in [0.4, 0.5) is 4.39 Å². The first-order chi connectivity index (χ1) is 8.52. The third kappa shape index (κ3) is 3.56. The topological polar surface area (TPSA) is 12.0 Å². The van der Waals surface area contributed by atoms with E-state index in [-0.39, 0.29) is 16.3 Å². The lowest BCUT2D eigenvalue weighted by Crippen LogP contribution is -2.33. The molecule has 1 atom stereocenters. The fraction of sp³-hybridized carbons (Fsp3) is 0.467. The molecule has 1 unspecified atom stereocenters. The van der Waals surface area contributed by atoms with Crippen molar-refractivity contribution < 1.29 is 4.39 Å². The van der Waals surface area contributed by atoms with Gasteiger partial charge in [-0.2, -0.15) is 0 Å². The number of benzene rings is 1. The van der Waals surface area contributed by atoms with Crippen molar-refractivity contribution in [2.24, 2.45) is 5.41 Å². The Bertz CT molecular complexity index is 442. The Kier molecular flexibility index (Phi) is 4.08. The van der Waals surface area contributed by atoms with Crippen LogP contribution in [0.1, 0.15) is 25.3 Å². The summed E-state index contributed by atoms with van der Waals surface area (Å²) in [5, 5.41) is 3.70. The zero-order valence-electron chi connectivity index (χ0n) is 10.7. The van der Waals surface area contributed by atoms with Crippen molar-refractivity contribution >= 4 is 11.6 Å². The van der Waals surface area contributed by atoms with Gasteiger partial charge in [0.05, 0.1) is 5.02 Å². The largest absolute Gasteiger partial charge is 0.313 e. The van der Waals surface area contributed by atoms with Gasteiger partial charge in [0.15, 0.2) is 0 Å². The molecule has 0 spiro atoms. The molecule has 1 aromatic rings. The van der Waals surface area contributed by atoms with E-state index in [1.165, 1.54) is 18.9 Å². The molecule has 18 heavy (non-hydrogen) atoms. The molecule has 0 aromatic heterocycles. The Morgan fingerprint density at radius 3 is 2.83 bits per heavy atom. The molecule has 0 bridgehead atoms. The molecule has 1 aliphatic carbocycles. The van der Waals surface area contributed by atoms with E-state index in [0.717, 1.165) is 18.5 Å². The van der Waals surface area contributed by atoms with Crippen molar-refractivity contribution in [3.8, 4) is 0 Å². The second-order valence-electron chi connectivity index (χ2n) is 5.44. The van der Waals surface area contributed by atoms with Crippen LogP contribution in [0.5, 0.6) is 0 Å². The molecule has 1 aliphatic rings. The maximum Gasteiger partial charge on any atom is 0.141 e. The molecule has 0 aliphatic heterocycles. The minimum absolute atomic E-state index is 0.0241. The Morgan fingerprint density at radius 2 is 2.28 bits per heavy atom. The Morgan fingerprint density at radius 1 is 1.56 bits per heavy atom. The van der Waals surface area contributed by atoms with E-state index < -0.39 is 0 Å². The second-order valence-corrected chi connectivity index (χ2v) is 5.85. The van der Waals surface area contributed by atoms with Crippen molar-refractivity contribution in [1.82, 2.24) is 5.32 Å². The average Bonchev–Trinajstić information content (AvgIpc) is 3.16. The lowest BCUT2D eigenvalue weighted by atomic mass is 9.83. The molecule has 3 heteroatoms. The SMILES string of the molecule is C=CC(C)(CNC1CC1)Cc1ccc(F)c(Cl)c1. The highest BCUT2D eigenvalue weighted by Gasteiger charge is 2.26. The highest BCUT2D eigenvalue weighted by Crippen LogP contribution is 2.27. The maximum absolute atomic E-state index is 13.1. The van der Waals surface area contributed by atoms with Crippen LogP contribution in [0.15, 0.2) is 30.9 Å². The van der Waals surface area contributed by atoms with E-state index in [4.69, 9.17) is 11.6 Å². The molecule has 1 aromatic carbocycles. The Labute approximate surface area is 113 Å². The maximum atomic E-state index is 13.1. The monoisotopic (exact) mass is 267 g/mol. The van der Waals surface area contributed by atoms with Gasteiger partial charge in [-0.25, -0.2) is 4.39 Å². The molecule has 0 saturated heterocycles. The molecular weight excluding hydrogens is 249 g/mol. The number of rotatable bonds is 6. The molecule has 98 valence electrons. The van der Waals surface area contributed by atoms with Crippen LogP contribution >= 0.6 is 11.6 Å². The van der Waals surface area contributed by atoms with Gasteiger partial charge in [0.25, 0.3) is 0 Å². The zero-order valence-corrected chi connectivity index (χ0v) is 11.4. The van der Waals surface area contributed by atoms with Gasteiger partial charge in [-0.05, 0) is 37.0 Å². The van der Waals surface area contributed by atoms with Crippen molar-refractivity contribution in [3.63, 3.8) is 0 Å². The third-order valence-corrected chi connectivity index (χ3v) is 3.75. The summed E-state index contributed by atoms with van der Waals surface area (Å²) in [6.07, 6.45) is 5.33. The fourth-order valence-electron chi connectivity index (χ4n) is 1.99. The summed E-state index contributed by atoms with van der Waals surface area (Å²) in [5.41, 5.74) is 1.02. The molecule has 1 fully saturated rings. The van der Waals surface area contributed by atoms with Gasteiger partial charge in [-0.15, -0.1) is 6.58 Å². The Hall–Kier alpha value is -0.860. The summed E-state index contributed by atoms with van der Waals surface area (Å²) < 4.78 is 13.1. The van der Waals surface area contributed by atoms with Gasteiger partial charge in [0.1, 0.15) is 5.82 Å². The van der Waals surface area contributed by atoms with Crippen LogP contribution in [-0.4, -0.2) is 12.6 Å². The molecular formula is C15H19ClFN. The quantitative estimate of drug-likeness (QED) is 0.769. The van der Waals surface area contributed by atoms with Gasteiger partial charge in [-0.3, -0.25) is 0 Å². The molecule has 0 amide bonds. The number of hydrogen-bond acceptors (Lipinski definition) is 1. The summed E-state index contributed by atoms with van der Waals surface area (Å²) in [5.74, 6) is -0.364. The van der Waals surface area contributed by atoms with E-state index in [2.05, 4.69) is 18.8 Å². The zero-order chi connectivity index (χ0) is 13.2. The summed E-state index contributed by atoms with van der Waals surface area (Å²) in [6.45, 7) is 6.98. The summed E-state index contributed by atoms with van der Waals surface area (Å²) >= 11 is 5.81. The summed E-state index contributed by atoms with van der Waals surface area (Å²) in [7, 11) is 0. The van der Waals surface area contributed by atoms with Gasteiger partial charge in [0, 0.05) is 18.0 Å². The second kappa shape index (κ2) is 5.41. The first kappa shape index (κ1) is 13.6. The van der Waals surface area contributed by atoms with Crippen molar-refractivity contribution in [2.75, 3.05) is 6.54 Å². The number of nitrogens with one attached hydrogen (secondary N) is 1. The first-order valence-electron chi connectivity index (χ1n) is 6.33. The molecule has 1 N–H and O–H groups in total. The first-order valence-corrected chi connectivity index (χ1v) is 6.71. The number of halogens is 2. The van der Waals surface area contributed by atoms with Crippen LogP contribution in [0.3, 0.4) is 0 Å². The van der Waals surface area contributed by atoms with E-state index >= 15 is 0 Å². The van der Waals surface area contributed by atoms with Gasteiger partial charge in [0.2, 0.25) is 0 Å². The molecule has 0 heterocycles. The molecule has 1 nitrogen and oxygen atoms in total. The minimum atomic E-state index is -0.364. The highest BCUT2D eigenvalue weighted by atomic mass is 35.5. The lowest BCUT2D eigenvalue weighted by Gasteiger charge is -2.26. The van der Waals surface area contributed by atoms with E-state index in [1.54, 1.807) is 12.1 Å². The third-order valence-electron chi connectivity index (χ3n) is 3.46. The fourth-order valence-corrected chi connectivity index (χ4v) is 2.19. The van der Waals surface area contributed by atoms with Crippen molar-refractivity contribution in [1.29, 1.82) is 0 Å². The predicted octanol–water partition coefficient (Wildman–Crippen LogP) is 3.97.